The zero-order valence-corrected chi connectivity index (χ0v) is 10.8. The van der Waals surface area contributed by atoms with Gasteiger partial charge in [0.2, 0.25) is 0 Å². The van der Waals surface area contributed by atoms with Crippen molar-refractivity contribution in [3.05, 3.63) is 66.2 Å². The van der Waals surface area contributed by atoms with Crippen LogP contribution in [-0.2, 0) is 0 Å². The highest BCUT2D eigenvalue weighted by molar-refractivity contribution is 5.77. The number of hydrogen-bond donors (Lipinski definition) is 1. The van der Waals surface area contributed by atoms with Gasteiger partial charge in [0.25, 0.3) is 0 Å². The molecule has 1 heterocycles. The second kappa shape index (κ2) is 5.35. The van der Waals surface area contributed by atoms with Crippen LogP contribution in [0.15, 0.2) is 59.0 Å². The van der Waals surface area contributed by atoms with E-state index in [1.807, 2.05) is 30.3 Å². The summed E-state index contributed by atoms with van der Waals surface area (Å²) in [5, 5.41) is 1.01. The van der Waals surface area contributed by atoms with Crippen LogP contribution in [0.4, 0.5) is 4.39 Å². The molecule has 3 nitrogen and oxygen atoms in total. The number of hydrogen-bond acceptors (Lipinski definition) is 3. The quantitative estimate of drug-likeness (QED) is 0.788. The third-order valence-corrected chi connectivity index (χ3v) is 3.05. The van der Waals surface area contributed by atoms with Gasteiger partial charge in [0, 0.05) is 5.39 Å². The predicted octanol–water partition coefficient (Wildman–Crippen LogP) is 3.65. The van der Waals surface area contributed by atoms with Crippen molar-refractivity contribution in [2.75, 3.05) is 6.61 Å². The molecule has 1 unspecified atom stereocenters. The second-order valence-corrected chi connectivity index (χ2v) is 4.56. The molecule has 0 spiro atoms. The average molecular weight is 271 g/mol. The monoisotopic (exact) mass is 271 g/mol. The SMILES string of the molecule is NC(COc1ccc(F)cc1)c1cc2ccccc2o1. The highest BCUT2D eigenvalue weighted by atomic mass is 19.1. The minimum absolute atomic E-state index is 0.269. The fourth-order valence-corrected chi connectivity index (χ4v) is 1.98. The van der Waals surface area contributed by atoms with Gasteiger partial charge in [0.15, 0.2) is 0 Å². The largest absolute Gasteiger partial charge is 0.491 e. The first-order valence-electron chi connectivity index (χ1n) is 6.35. The lowest BCUT2D eigenvalue weighted by atomic mass is 10.2. The second-order valence-electron chi connectivity index (χ2n) is 4.56. The number of halogens is 1. The van der Waals surface area contributed by atoms with E-state index in [1.165, 1.54) is 12.1 Å². The van der Waals surface area contributed by atoms with Crippen LogP contribution in [0.25, 0.3) is 11.0 Å². The van der Waals surface area contributed by atoms with E-state index in [0.29, 0.717) is 11.5 Å². The maximum absolute atomic E-state index is 12.8. The lowest BCUT2D eigenvalue weighted by Crippen LogP contribution is -2.18. The van der Waals surface area contributed by atoms with Crippen LogP contribution in [0.3, 0.4) is 0 Å². The molecule has 0 saturated heterocycles. The van der Waals surface area contributed by atoms with Crippen molar-refractivity contribution in [1.29, 1.82) is 0 Å². The van der Waals surface area contributed by atoms with E-state index in [1.54, 1.807) is 12.1 Å². The average Bonchev–Trinajstić information content (AvgIpc) is 2.90. The lowest BCUT2D eigenvalue weighted by Gasteiger charge is -2.10. The highest BCUT2D eigenvalue weighted by Gasteiger charge is 2.12. The zero-order valence-electron chi connectivity index (χ0n) is 10.8. The summed E-state index contributed by atoms with van der Waals surface area (Å²) in [5.74, 6) is 0.963. The van der Waals surface area contributed by atoms with Gasteiger partial charge < -0.3 is 14.9 Å². The molecule has 0 amide bonds. The molecule has 0 aliphatic heterocycles. The van der Waals surface area contributed by atoms with E-state index in [2.05, 4.69) is 0 Å². The van der Waals surface area contributed by atoms with Gasteiger partial charge in [-0.1, -0.05) is 18.2 Å². The molecular weight excluding hydrogens is 257 g/mol. The Labute approximate surface area is 115 Å². The summed E-state index contributed by atoms with van der Waals surface area (Å²) in [6, 6.07) is 15.1. The van der Waals surface area contributed by atoms with E-state index >= 15 is 0 Å². The lowest BCUT2D eigenvalue weighted by molar-refractivity contribution is 0.275. The van der Waals surface area contributed by atoms with E-state index in [-0.39, 0.29) is 18.5 Å². The summed E-state index contributed by atoms with van der Waals surface area (Å²) >= 11 is 0. The number of nitrogens with two attached hydrogens (primary N) is 1. The molecule has 0 radical (unpaired) electrons. The van der Waals surface area contributed by atoms with Gasteiger partial charge in [0.1, 0.15) is 29.5 Å². The van der Waals surface area contributed by atoms with E-state index in [9.17, 15) is 4.39 Å². The summed E-state index contributed by atoms with van der Waals surface area (Å²) < 4.78 is 24.0. The molecule has 20 heavy (non-hydrogen) atoms. The maximum atomic E-state index is 12.8. The Bertz CT molecular complexity index is 673. The Balaban J connectivity index is 1.69. The van der Waals surface area contributed by atoms with Gasteiger partial charge in [-0.3, -0.25) is 0 Å². The molecule has 0 aliphatic rings. The Morgan fingerprint density at radius 1 is 1.10 bits per heavy atom. The number of para-hydroxylation sites is 1. The fraction of sp³-hybridized carbons (Fsp3) is 0.125. The van der Waals surface area contributed by atoms with Crippen LogP contribution < -0.4 is 10.5 Å². The number of rotatable bonds is 4. The van der Waals surface area contributed by atoms with Crippen molar-refractivity contribution < 1.29 is 13.5 Å². The molecule has 0 aliphatic carbocycles. The molecule has 2 N–H and O–H groups in total. The van der Waals surface area contributed by atoms with Crippen molar-refractivity contribution in [3.8, 4) is 5.75 Å². The van der Waals surface area contributed by atoms with Gasteiger partial charge >= 0.3 is 0 Å². The number of benzene rings is 2. The molecule has 0 saturated carbocycles. The van der Waals surface area contributed by atoms with Gasteiger partial charge in [0.05, 0.1) is 6.04 Å². The molecule has 3 aromatic rings. The Hall–Kier alpha value is -2.33. The van der Waals surface area contributed by atoms with Crippen LogP contribution in [0.2, 0.25) is 0 Å². The third-order valence-electron chi connectivity index (χ3n) is 3.05. The predicted molar refractivity (Wildman–Crippen MR) is 75.0 cm³/mol. The molecule has 4 heteroatoms. The van der Waals surface area contributed by atoms with Crippen molar-refractivity contribution in [2.24, 2.45) is 5.73 Å². The standard InChI is InChI=1S/C16H14FNO2/c17-12-5-7-13(8-6-12)19-10-14(18)16-9-11-3-1-2-4-15(11)20-16/h1-9,14H,10,18H2. The topological polar surface area (TPSA) is 48.4 Å². The number of furan rings is 1. The summed E-state index contributed by atoms with van der Waals surface area (Å²) in [7, 11) is 0. The molecule has 102 valence electrons. The first-order valence-corrected chi connectivity index (χ1v) is 6.35. The first-order chi connectivity index (χ1) is 9.72. The molecular formula is C16H14FNO2. The number of fused-ring (bicyclic) bond motifs is 1. The molecule has 3 rings (SSSR count). The van der Waals surface area contributed by atoms with Crippen molar-refractivity contribution in [1.82, 2.24) is 0 Å². The fourth-order valence-electron chi connectivity index (χ4n) is 1.98. The van der Waals surface area contributed by atoms with Crippen molar-refractivity contribution in [2.45, 2.75) is 6.04 Å². The summed E-state index contributed by atoms with van der Waals surface area (Å²) in [6.07, 6.45) is 0. The minimum Gasteiger partial charge on any atom is -0.491 e. The van der Waals surface area contributed by atoms with Crippen LogP contribution >= 0.6 is 0 Å². The van der Waals surface area contributed by atoms with Crippen molar-refractivity contribution >= 4 is 11.0 Å². The van der Waals surface area contributed by atoms with Gasteiger partial charge in [-0.15, -0.1) is 0 Å². The number of ether oxygens (including phenoxy) is 1. The van der Waals surface area contributed by atoms with Crippen LogP contribution in [0.1, 0.15) is 11.8 Å². The van der Waals surface area contributed by atoms with Gasteiger partial charge in [-0.05, 0) is 36.4 Å². The zero-order chi connectivity index (χ0) is 13.9. The first kappa shape index (κ1) is 12.7. The maximum Gasteiger partial charge on any atom is 0.134 e. The van der Waals surface area contributed by atoms with Crippen LogP contribution in [0.5, 0.6) is 5.75 Å². The third kappa shape index (κ3) is 2.65. The van der Waals surface area contributed by atoms with Gasteiger partial charge in [-0.2, -0.15) is 0 Å². The smallest absolute Gasteiger partial charge is 0.134 e. The molecule has 1 aromatic heterocycles. The van der Waals surface area contributed by atoms with Crippen LogP contribution in [-0.4, -0.2) is 6.61 Å². The van der Waals surface area contributed by atoms with E-state index < -0.39 is 0 Å². The molecule has 0 bridgehead atoms. The van der Waals surface area contributed by atoms with Crippen LogP contribution in [0, 0.1) is 5.82 Å². The molecule has 2 aromatic carbocycles. The minimum atomic E-state index is -0.368. The Morgan fingerprint density at radius 3 is 2.60 bits per heavy atom. The molecule has 1 atom stereocenters. The van der Waals surface area contributed by atoms with Crippen molar-refractivity contribution in [3.63, 3.8) is 0 Å². The summed E-state index contributed by atoms with van der Waals surface area (Å²) in [6.45, 7) is 0.269. The normalized spacial score (nSPS) is 12.5. The highest BCUT2D eigenvalue weighted by Crippen LogP contribution is 2.23. The van der Waals surface area contributed by atoms with Gasteiger partial charge in [-0.25, -0.2) is 4.39 Å². The van der Waals surface area contributed by atoms with E-state index in [4.69, 9.17) is 14.9 Å². The Morgan fingerprint density at radius 2 is 1.85 bits per heavy atom. The molecule has 0 fully saturated rings. The summed E-state index contributed by atoms with van der Waals surface area (Å²) in [5.41, 5.74) is 6.85. The summed E-state index contributed by atoms with van der Waals surface area (Å²) in [4.78, 5) is 0. The van der Waals surface area contributed by atoms with E-state index in [0.717, 1.165) is 11.0 Å². The Kier molecular flexibility index (Phi) is 3.39.